The van der Waals surface area contributed by atoms with Gasteiger partial charge in [-0.25, -0.2) is 0 Å². The molecule has 4 unspecified atom stereocenters. The first-order chi connectivity index (χ1) is 15.6. The maximum atomic E-state index is 13.1. The number of carbonyl (C=O) groups is 5. The molecule has 1 saturated heterocycles. The first-order valence-corrected chi connectivity index (χ1v) is 11.0. The molecule has 0 aromatic heterocycles. The van der Waals surface area contributed by atoms with Gasteiger partial charge in [0.15, 0.2) is 0 Å². The molecule has 33 heavy (non-hydrogen) atoms. The van der Waals surface area contributed by atoms with Gasteiger partial charge in [-0.3, -0.25) is 24.0 Å². The smallest absolute Gasteiger partial charge is 0.305 e. The van der Waals surface area contributed by atoms with Gasteiger partial charge in [-0.15, -0.1) is 0 Å². The highest BCUT2D eigenvalue weighted by atomic mass is 16.4. The van der Waals surface area contributed by atoms with Gasteiger partial charge in [0.25, 0.3) is 0 Å². The van der Waals surface area contributed by atoms with Crippen molar-refractivity contribution in [3.05, 3.63) is 0 Å². The third-order valence-corrected chi connectivity index (χ3v) is 5.36. The van der Waals surface area contributed by atoms with Crippen molar-refractivity contribution in [3.8, 4) is 0 Å². The standard InChI is InChI=1S/C20H36N6O7/c1-12(28)24-15(11-27)19(32)25-13(9-17(29)30)10-23-14(5-2-3-7-21)20(33)26-8-4-6-16(26)18(22)31/h13-16,23,27H,2-11,21H2,1H3,(H2,22,31)(H,24,28)(H,25,32)(H,29,30). The molecule has 9 N–H and O–H groups in total. The van der Waals surface area contributed by atoms with Crippen LogP contribution < -0.4 is 27.4 Å². The van der Waals surface area contributed by atoms with E-state index in [0.717, 1.165) is 0 Å². The number of carboxylic acids is 1. The Kier molecular flexibility index (Phi) is 12.3. The SMILES string of the molecule is CC(=O)NC(CO)C(=O)NC(CNC(CCCCN)C(=O)N1CCCC1C(N)=O)CC(=O)O. The summed E-state index contributed by atoms with van der Waals surface area (Å²) in [4.78, 5) is 61.1. The molecule has 0 aromatic rings. The maximum absolute atomic E-state index is 13.1. The summed E-state index contributed by atoms with van der Waals surface area (Å²) in [5.74, 6) is -3.36. The normalized spacial score (nSPS) is 18.3. The monoisotopic (exact) mass is 472 g/mol. The summed E-state index contributed by atoms with van der Waals surface area (Å²) in [6.07, 6.45) is 2.39. The lowest BCUT2D eigenvalue weighted by molar-refractivity contribution is -0.139. The molecule has 0 aliphatic carbocycles. The van der Waals surface area contributed by atoms with E-state index in [4.69, 9.17) is 11.5 Å². The van der Waals surface area contributed by atoms with Crippen molar-refractivity contribution in [1.29, 1.82) is 0 Å². The highest BCUT2D eigenvalue weighted by Crippen LogP contribution is 2.19. The number of carboxylic acid groups (broad SMARTS) is 1. The molecule has 4 atom stereocenters. The number of carbonyl (C=O) groups excluding carboxylic acids is 4. The second kappa shape index (κ2) is 14.4. The van der Waals surface area contributed by atoms with E-state index < -0.39 is 60.9 Å². The van der Waals surface area contributed by atoms with Gasteiger partial charge in [-0.05, 0) is 32.2 Å². The summed E-state index contributed by atoms with van der Waals surface area (Å²) in [5, 5.41) is 26.3. The Balaban J connectivity index is 2.90. The number of hydrogen-bond donors (Lipinski definition) is 7. The van der Waals surface area contributed by atoms with Crippen molar-refractivity contribution in [3.63, 3.8) is 0 Å². The van der Waals surface area contributed by atoms with Gasteiger partial charge in [-0.1, -0.05) is 6.42 Å². The van der Waals surface area contributed by atoms with Crippen molar-refractivity contribution < 1.29 is 34.2 Å². The van der Waals surface area contributed by atoms with E-state index in [9.17, 15) is 34.2 Å². The Labute approximate surface area is 192 Å². The van der Waals surface area contributed by atoms with Gasteiger partial charge in [0.05, 0.1) is 25.1 Å². The summed E-state index contributed by atoms with van der Waals surface area (Å²) in [7, 11) is 0. The summed E-state index contributed by atoms with van der Waals surface area (Å²) >= 11 is 0. The van der Waals surface area contributed by atoms with Gasteiger partial charge < -0.3 is 42.5 Å². The molecule has 1 fully saturated rings. The van der Waals surface area contributed by atoms with Crippen LogP contribution in [-0.2, 0) is 24.0 Å². The summed E-state index contributed by atoms with van der Waals surface area (Å²) in [6.45, 7) is 1.29. The molecule has 1 aliphatic heterocycles. The largest absolute Gasteiger partial charge is 0.481 e. The number of nitrogens with two attached hydrogens (primary N) is 2. The predicted octanol–water partition coefficient (Wildman–Crippen LogP) is -2.99. The highest BCUT2D eigenvalue weighted by molar-refractivity contribution is 5.90. The van der Waals surface area contributed by atoms with Crippen LogP contribution in [-0.4, -0.2) is 95.1 Å². The molecule has 188 valence electrons. The third kappa shape index (κ3) is 9.72. The van der Waals surface area contributed by atoms with Gasteiger partial charge in [0.1, 0.15) is 12.1 Å². The Morgan fingerprint density at radius 3 is 2.36 bits per heavy atom. The Morgan fingerprint density at radius 1 is 1.12 bits per heavy atom. The fraction of sp³-hybridized carbons (Fsp3) is 0.750. The lowest BCUT2D eigenvalue weighted by atomic mass is 10.1. The van der Waals surface area contributed by atoms with Crippen LogP contribution in [0.2, 0.25) is 0 Å². The Hall–Kier alpha value is -2.77. The molecule has 1 heterocycles. The zero-order valence-corrected chi connectivity index (χ0v) is 18.9. The number of amides is 4. The quantitative estimate of drug-likeness (QED) is 0.121. The average Bonchev–Trinajstić information content (AvgIpc) is 3.23. The van der Waals surface area contributed by atoms with Crippen LogP contribution in [0.1, 0.15) is 45.4 Å². The number of nitrogens with zero attached hydrogens (tertiary/aromatic N) is 1. The van der Waals surface area contributed by atoms with Crippen molar-refractivity contribution in [2.24, 2.45) is 11.5 Å². The molecule has 0 saturated carbocycles. The van der Waals surface area contributed by atoms with Crippen molar-refractivity contribution in [1.82, 2.24) is 20.9 Å². The predicted molar refractivity (Wildman–Crippen MR) is 117 cm³/mol. The molecule has 1 aliphatic rings. The van der Waals surface area contributed by atoms with Crippen LogP contribution in [0.25, 0.3) is 0 Å². The average molecular weight is 473 g/mol. The van der Waals surface area contributed by atoms with Crippen LogP contribution >= 0.6 is 0 Å². The molecule has 13 heteroatoms. The number of primary amides is 1. The van der Waals surface area contributed by atoms with E-state index in [0.29, 0.717) is 45.2 Å². The minimum absolute atomic E-state index is 0.0651. The van der Waals surface area contributed by atoms with E-state index >= 15 is 0 Å². The maximum Gasteiger partial charge on any atom is 0.305 e. The van der Waals surface area contributed by atoms with Crippen LogP contribution in [0.3, 0.4) is 0 Å². The number of aliphatic hydroxyl groups excluding tert-OH is 1. The third-order valence-electron chi connectivity index (χ3n) is 5.36. The molecule has 0 spiro atoms. The van der Waals surface area contributed by atoms with Gasteiger partial charge in [-0.2, -0.15) is 0 Å². The lowest BCUT2D eigenvalue weighted by Gasteiger charge is -2.29. The molecule has 0 bridgehead atoms. The van der Waals surface area contributed by atoms with Crippen molar-refractivity contribution in [2.45, 2.75) is 69.6 Å². The van der Waals surface area contributed by atoms with Crippen molar-refractivity contribution in [2.75, 3.05) is 26.2 Å². The van der Waals surface area contributed by atoms with Gasteiger partial charge in [0, 0.05) is 20.0 Å². The van der Waals surface area contributed by atoms with Crippen LogP contribution in [0, 0.1) is 0 Å². The van der Waals surface area contributed by atoms with E-state index in [-0.39, 0.29) is 12.5 Å². The summed E-state index contributed by atoms with van der Waals surface area (Å²) in [5.41, 5.74) is 11.0. The molecular weight excluding hydrogens is 436 g/mol. The summed E-state index contributed by atoms with van der Waals surface area (Å²) in [6, 6.07) is -3.57. The molecule has 4 amide bonds. The fourth-order valence-electron chi connectivity index (χ4n) is 3.74. The lowest BCUT2D eigenvalue weighted by Crippen LogP contribution is -2.56. The molecule has 0 radical (unpaired) electrons. The minimum atomic E-state index is -1.23. The van der Waals surface area contributed by atoms with E-state index in [1.54, 1.807) is 0 Å². The number of nitrogens with one attached hydrogen (secondary N) is 3. The molecule has 0 aromatic carbocycles. The van der Waals surface area contributed by atoms with E-state index in [2.05, 4.69) is 16.0 Å². The van der Waals surface area contributed by atoms with Gasteiger partial charge >= 0.3 is 5.97 Å². The fourth-order valence-corrected chi connectivity index (χ4v) is 3.74. The van der Waals surface area contributed by atoms with E-state index in [1.807, 2.05) is 0 Å². The summed E-state index contributed by atoms with van der Waals surface area (Å²) < 4.78 is 0. The minimum Gasteiger partial charge on any atom is -0.481 e. The Morgan fingerprint density at radius 2 is 1.82 bits per heavy atom. The first-order valence-electron chi connectivity index (χ1n) is 11.0. The van der Waals surface area contributed by atoms with Gasteiger partial charge in [0.2, 0.25) is 23.6 Å². The number of hydrogen-bond acceptors (Lipinski definition) is 8. The number of aliphatic carboxylic acids is 1. The zero-order chi connectivity index (χ0) is 25.0. The van der Waals surface area contributed by atoms with Crippen LogP contribution in [0.5, 0.6) is 0 Å². The molecule has 13 nitrogen and oxygen atoms in total. The first kappa shape index (κ1) is 28.3. The topological polar surface area (TPSA) is 217 Å². The second-order valence-corrected chi connectivity index (χ2v) is 8.08. The highest BCUT2D eigenvalue weighted by Gasteiger charge is 2.36. The zero-order valence-electron chi connectivity index (χ0n) is 18.9. The number of likely N-dealkylation sites (tertiary alicyclic amines) is 1. The number of rotatable bonds is 15. The molecular formula is C20H36N6O7. The van der Waals surface area contributed by atoms with Crippen molar-refractivity contribution >= 4 is 29.6 Å². The number of aliphatic hydroxyl groups is 1. The van der Waals surface area contributed by atoms with E-state index in [1.165, 1.54) is 11.8 Å². The molecule has 1 rings (SSSR count). The number of unbranched alkanes of at least 4 members (excludes halogenated alkanes) is 1. The Bertz CT molecular complexity index is 704. The van der Waals surface area contributed by atoms with Crippen LogP contribution in [0.4, 0.5) is 0 Å². The second-order valence-electron chi connectivity index (χ2n) is 8.08. The van der Waals surface area contributed by atoms with Crippen LogP contribution in [0.15, 0.2) is 0 Å².